The van der Waals surface area contributed by atoms with E-state index >= 15 is 0 Å². The number of amides is 3. The van der Waals surface area contributed by atoms with Crippen LogP contribution in [-0.2, 0) is 9.59 Å². The van der Waals surface area contributed by atoms with Crippen LogP contribution >= 0.6 is 11.8 Å². The molecule has 254 valence electrons. The van der Waals surface area contributed by atoms with Crippen LogP contribution < -0.4 is 25.4 Å². The van der Waals surface area contributed by atoms with Gasteiger partial charge in [-0.15, -0.1) is 11.8 Å². The van der Waals surface area contributed by atoms with Gasteiger partial charge in [-0.3, -0.25) is 14.4 Å². The van der Waals surface area contributed by atoms with E-state index in [4.69, 9.17) is 9.47 Å². The standard InChI is InChI=1S/C42H35N3O5S/c1-49-34-24-33(25-35(27-34)50-2)44-42(48)39(29-14-5-3-6-15-29)51-36-21-12-20-32(26-36)43-41(47)38(45-40(46)30-16-7-4-8-17-30)23-31-19-11-18-28-13-9-10-22-37(28)31/h3-27,39H,1-2H3,(H,43,47)(H,44,48)(H,45,46)/b38-23+. The van der Waals surface area contributed by atoms with Crippen molar-refractivity contribution in [2.45, 2.75) is 10.1 Å². The number of hydrogen-bond acceptors (Lipinski definition) is 6. The third-order valence-electron chi connectivity index (χ3n) is 7.96. The van der Waals surface area contributed by atoms with Gasteiger partial charge in [0.25, 0.3) is 11.8 Å². The van der Waals surface area contributed by atoms with Gasteiger partial charge in [0.1, 0.15) is 22.4 Å². The number of methoxy groups -OCH3 is 2. The second kappa shape index (κ2) is 16.4. The van der Waals surface area contributed by atoms with E-state index < -0.39 is 17.1 Å². The summed E-state index contributed by atoms with van der Waals surface area (Å²) in [5, 5.41) is 10.1. The Morgan fingerprint density at radius 1 is 0.647 bits per heavy atom. The minimum atomic E-state index is -0.638. The summed E-state index contributed by atoms with van der Waals surface area (Å²) in [6.07, 6.45) is 1.68. The molecule has 0 saturated carbocycles. The normalized spacial score (nSPS) is 11.7. The van der Waals surface area contributed by atoms with E-state index in [0.717, 1.165) is 26.8 Å². The summed E-state index contributed by atoms with van der Waals surface area (Å²) in [7, 11) is 3.10. The number of rotatable bonds is 12. The number of benzene rings is 6. The van der Waals surface area contributed by atoms with Crippen molar-refractivity contribution in [3.05, 3.63) is 168 Å². The van der Waals surface area contributed by atoms with Crippen LogP contribution in [0.3, 0.4) is 0 Å². The van der Waals surface area contributed by atoms with E-state index in [-0.39, 0.29) is 11.6 Å². The van der Waals surface area contributed by atoms with Gasteiger partial charge in [0.05, 0.1) is 14.2 Å². The van der Waals surface area contributed by atoms with E-state index in [1.54, 1.807) is 74.9 Å². The van der Waals surface area contributed by atoms with Gasteiger partial charge in [0.2, 0.25) is 5.91 Å². The number of thioether (sulfide) groups is 1. The molecule has 6 aromatic carbocycles. The zero-order valence-corrected chi connectivity index (χ0v) is 28.8. The molecule has 6 aromatic rings. The largest absolute Gasteiger partial charge is 0.497 e. The third kappa shape index (κ3) is 8.83. The number of nitrogens with one attached hydrogen (secondary N) is 3. The molecule has 1 unspecified atom stereocenters. The molecule has 0 bridgehead atoms. The average molecular weight is 694 g/mol. The second-order valence-corrected chi connectivity index (χ2v) is 12.6. The first kappa shape index (κ1) is 34.5. The van der Waals surface area contributed by atoms with E-state index in [2.05, 4.69) is 16.0 Å². The van der Waals surface area contributed by atoms with Crippen LogP contribution in [0.15, 0.2) is 156 Å². The Labute approximate surface area is 300 Å². The Hall–Kier alpha value is -6.32. The number of hydrogen-bond donors (Lipinski definition) is 3. The number of carbonyl (C=O) groups excluding carboxylic acids is 3. The van der Waals surface area contributed by atoms with Crippen LogP contribution in [0.25, 0.3) is 16.8 Å². The lowest BCUT2D eigenvalue weighted by Crippen LogP contribution is -2.30. The second-order valence-electron chi connectivity index (χ2n) is 11.4. The monoisotopic (exact) mass is 693 g/mol. The Morgan fingerprint density at radius 3 is 2.02 bits per heavy atom. The van der Waals surface area contributed by atoms with Crippen LogP contribution in [0.4, 0.5) is 11.4 Å². The maximum absolute atomic E-state index is 13.9. The molecule has 0 heterocycles. The molecular formula is C42H35N3O5S. The molecular weight excluding hydrogens is 659 g/mol. The van der Waals surface area contributed by atoms with Crippen LogP contribution in [0, 0.1) is 0 Å². The topological polar surface area (TPSA) is 106 Å². The van der Waals surface area contributed by atoms with Crippen molar-refractivity contribution in [2.24, 2.45) is 0 Å². The lowest BCUT2D eigenvalue weighted by molar-refractivity contribution is -0.116. The number of anilines is 2. The molecule has 0 aliphatic heterocycles. The zero-order valence-electron chi connectivity index (χ0n) is 28.0. The summed E-state index contributed by atoms with van der Waals surface area (Å²) in [6, 6.07) is 44.3. The van der Waals surface area contributed by atoms with Gasteiger partial charge in [-0.2, -0.15) is 0 Å². The maximum Gasteiger partial charge on any atom is 0.272 e. The lowest BCUT2D eigenvalue weighted by Gasteiger charge is -2.18. The van der Waals surface area contributed by atoms with Crippen molar-refractivity contribution in [1.29, 1.82) is 0 Å². The SMILES string of the molecule is COc1cc(NC(=O)C(Sc2cccc(NC(=O)/C(=C\c3cccc4ccccc34)NC(=O)c3ccccc3)c2)c2ccccc2)cc(OC)c1. The van der Waals surface area contributed by atoms with Gasteiger partial charge >= 0.3 is 0 Å². The van der Waals surface area contributed by atoms with Crippen LogP contribution in [0.5, 0.6) is 11.5 Å². The maximum atomic E-state index is 13.9. The number of ether oxygens (including phenoxy) is 2. The van der Waals surface area contributed by atoms with Gasteiger partial charge in [-0.25, -0.2) is 0 Å². The first-order valence-electron chi connectivity index (χ1n) is 16.1. The average Bonchev–Trinajstić information content (AvgIpc) is 3.17. The van der Waals surface area contributed by atoms with E-state index in [1.165, 1.54) is 11.8 Å². The lowest BCUT2D eigenvalue weighted by atomic mass is 10.0. The quantitative estimate of drug-likeness (QED) is 0.0875. The molecule has 0 radical (unpaired) electrons. The smallest absolute Gasteiger partial charge is 0.272 e. The molecule has 0 saturated heterocycles. The molecule has 9 heteroatoms. The van der Waals surface area contributed by atoms with Crippen molar-refractivity contribution in [1.82, 2.24) is 5.32 Å². The van der Waals surface area contributed by atoms with Gasteiger partial charge in [0, 0.05) is 40.0 Å². The molecule has 1 atom stereocenters. The number of carbonyl (C=O) groups is 3. The van der Waals surface area contributed by atoms with Gasteiger partial charge < -0.3 is 25.4 Å². The Balaban J connectivity index is 1.27. The summed E-state index contributed by atoms with van der Waals surface area (Å²) in [5.41, 5.74) is 3.10. The summed E-state index contributed by atoms with van der Waals surface area (Å²) in [5.74, 6) is -0.0675. The Morgan fingerprint density at radius 2 is 1.29 bits per heavy atom. The van der Waals surface area contributed by atoms with Crippen molar-refractivity contribution in [2.75, 3.05) is 24.9 Å². The molecule has 0 aliphatic rings. The summed E-state index contributed by atoms with van der Waals surface area (Å²) in [4.78, 5) is 41.7. The Kier molecular flexibility index (Phi) is 11.1. The molecule has 3 N–H and O–H groups in total. The van der Waals surface area contributed by atoms with Crippen LogP contribution in [-0.4, -0.2) is 31.9 Å². The van der Waals surface area contributed by atoms with E-state index in [1.807, 2.05) is 91.0 Å². The predicted octanol–water partition coefficient (Wildman–Crippen LogP) is 8.74. The predicted molar refractivity (Wildman–Crippen MR) is 204 cm³/mol. The van der Waals surface area contributed by atoms with Crippen molar-refractivity contribution >= 4 is 57.7 Å². The van der Waals surface area contributed by atoms with Gasteiger partial charge in [0.15, 0.2) is 0 Å². The highest BCUT2D eigenvalue weighted by Crippen LogP contribution is 2.38. The van der Waals surface area contributed by atoms with Crippen molar-refractivity contribution in [3.8, 4) is 11.5 Å². The first-order valence-corrected chi connectivity index (χ1v) is 17.0. The molecule has 6 rings (SSSR count). The number of fused-ring (bicyclic) bond motifs is 1. The van der Waals surface area contributed by atoms with Gasteiger partial charge in [-0.05, 0) is 58.3 Å². The Bertz CT molecular complexity index is 2180. The van der Waals surface area contributed by atoms with E-state index in [0.29, 0.717) is 28.4 Å². The molecule has 51 heavy (non-hydrogen) atoms. The first-order chi connectivity index (χ1) is 24.9. The fourth-order valence-corrected chi connectivity index (χ4v) is 6.53. The van der Waals surface area contributed by atoms with Crippen molar-refractivity contribution in [3.63, 3.8) is 0 Å². The molecule has 3 amide bonds. The highest BCUT2D eigenvalue weighted by molar-refractivity contribution is 8.00. The van der Waals surface area contributed by atoms with E-state index in [9.17, 15) is 14.4 Å². The summed E-state index contributed by atoms with van der Waals surface area (Å²) in [6.45, 7) is 0. The fraction of sp³-hybridized carbons (Fsp3) is 0.0714. The molecule has 0 aromatic heterocycles. The fourth-order valence-electron chi connectivity index (χ4n) is 5.44. The third-order valence-corrected chi connectivity index (χ3v) is 9.21. The van der Waals surface area contributed by atoms with Crippen LogP contribution in [0.2, 0.25) is 0 Å². The molecule has 0 fully saturated rings. The molecule has 0 spiro atoms. The summed E-state index contributed by atoms with van der Waals surface area (Å²) >= 11 is 1.34. The molecule has 8 nitrogen and oxygen atoms in total. The van der Waals surface area contributed by atoms with Crippen LogP contribution in [0.1, 0.15) is 26.7 Å². The van der Waals surface area contributed by atoms with Gasteiger partial charge in [-0.1, -0.05) is 97.1 Å². The molecule has 0 aliphatic carbocycles. The highest BCUT2D eigenvalue weighted by atomic mass is 32.2. The minimum absolute atomic E-state index is 0.0773. The minimum Gasteiger partial charge on any atom is -0.497 e. The van der Waals surface area contributed by atoms with Crippen molar-refractivity contribution < 1.29 is 23.9 Å². The highest BCUT2D eigenvalue weighted by Gasteiger charge is 2.23. The zero-order chi connectivity index (χ0) is 35.6. The summed E-state index contributed by atoms with van der Waals surface area (Å²) < 4.78 is 10.8.